The molecular formula is C23H30N2O5. The van der Waals surface area contributed by atoms with E-state index in [1.54, 1.807) is 7.11 Å². The summed E-state index contributed by atoms with van der Waals surface area (Å²) < 4.78 is 7.76. The third kappa shape index (κ3) is 4.57. The number of aromatic nitrogens is 1. The van der Waals surface area contributed by atoms with E-state index in [2.05, 4.69) is 55.8 Å². The lowest BCUT2D eigenvalue weighted by molar-refractivity contribution is -0.134. The Morgan fingerprint density at radius 2 is 1.73 bits per heavy atom. The van der Waals surface area contributed by atoms with Crippen molar-refractivity contribution in [2.45, 2.75) is 51.6 Å². The Kier molecular flexibility index (Phi) is 7.45. The van der Waals surface area contributed by atoms with Gasteiger partial charge in [-0.2, -0.15) is 0 Å². The number of nitrogens with zero attached hydrogens (tertiary/aromatic N) is 1. The minimum absolute atomic E-state index is 0.125. The lowest BCUT2D eigenvalue weighted by Crippen LogP contribution is -2.23. The highest BCUT2D eigenvalue weighted by molar-refractivity contribution is 5.89. The van der Waals surface area contributed by atoms with Gasteiger partial charge in [-0.3, -0.25) is 0 Å². The van der Waals surface area contributed by atoms with E-state index in [0.29, 0.717) is 12.2 Å². The first-order valence-corrected chi connectivity index (χ1v) is 9.98. The average molecular weight is 415 g/mol. The maximum absolute atomic E-state index is 9.55. The summed E-state index contributed by atoms with van der Waals surface area (Å²) >= 11 is 0. The number of carbonyl (C=O) groups is 2. The van der Waals surface area contributed by atoms with Crippen LogP contribution in [-0.4, -0.2) is 39.9 Å². The summed E-state index contributed by atoms with van der Waals surface area (Å²) in [6, 6.07) is 8.94. The third-order valence-electron chi connectivity index (χ3n) is 5.54. The molecule has 0 saturated heterocycles. The highest BCUT2D eigenvalue weighted by Crippen LogP contribution is 2.53. The first kappa shape index (κ1) is 23.2. The van der Waals surface area contributed by atoms with Crippen LogP contribution in [0.2, 0.25) is 0 Å². The Bertz CT molecular complexity index is 923. The van der Waals surface area contributed by atoms with E-state index in [1.165, 1.54) is 22.4 Å². The Morgan fingerprint density at radius 3 is 2.20 bits per heavy atom. The summed E-state index contributed by atoms with van der Waals surface area (Å²) in [5, 5.41) is 15.6. The number of carboxylic acids is 2. The van der Waals surface area contributed by atoms with Crippen LogP contribution >= 0.6 is 0 Å². The SMILES string of the molecule is CCC1(CC)c2ccc(OC)cc2-c2c1ccn2C[C@H](C)N.O=C(O)/C=C/C(=O)O. The number of fused-ring (bicyclic) bond motifs is 3. The fourth-order valence-electron chi connectivity index (χ4n) is 4.18. The molecule has 0 bridgehead atoms. The second-order valence-electron chi connectivity index (χ2n) is 7.42. The summed E-state index contributed by atoms with van der Waals surface area (Å²) in [5.74, 6) is -1.60. The monoisotopic (exact) mass is 414 g/mol. The van der Waals surface area contributed by atoms with Gasteiger partial charge < -0.3 is 25.3 Å². The molecule has 1 aliphatic rings. The van der Waals surface area contributed by atoms with E-state index < -0.39 is 11.9 Å². The molecule has 1 heterocycles. The van der Waals surface area contributed by atoms with E-state index in [4.69, 9.17) is 20.7 Å². The maximum atomic E-state index is 9.55. The van der Waals surface area contributed by atoms with Gasteiger partial charge >= 0.3 is 11.9 Å². The van der Waals surface area contributed by atoms with Crippen LogP contribution in [-0.2, 0) is 21.5 Å². The number of benzene rings is 1. The molecule has 0 unspecified atom stereocenters. The molecule has 0 saturated carbocycles. The number of hydrogen-bond acceptors (Lipinski definition) is 4. The summed E-state index contributed by atoms with van der Waals surface area (Å²) in [6.07, 6.45) is 5.53. The highest BCUT2D eigenvalue weighted by atomic mass is 16.5. The molecule has 162 valence electrons. The summed E-state index contributed by atoms with van der Waals surface area (Å²) in [6.45, 7) is 7.47. The van der Waals surface area contributed by atoms with Crippen LogP contribution in [0.15, 0.2) is 42.6 Å². The molecular weight excluding hydrogens is 384 g/mol. The summed E-state index contributed by atoms with van der Waals surface area (Å²) in [5.41, 5.74) is 11.7. The molecule has 1 aromatic carbocycles. The van der Waals surface area contributed by atoms with Crippen molar-refractivity contribution in [3.8, 4) is 17.0 Å². The van der Waals surface area contributed by atoms with Gasteiger partial charge in [-0.25, -0.2) is 9.59 Å². The molecule has 0 fully saturated rings. The van der Waals surface area contributed by atoms with Gasteiger partial charge in [0.2, 0.25) is 0 Å². The van der Waals surface area contributed by atoms with Crippen molar-refractivity contribution >= 4 is 11.9 Å². The topological polar surface area (TPSA) is 115 Å². The van der Waals surface area contributed by atoms with Crippen molar-refractivity contribution in [2.24, 2.45) is 5.73 Å². The first-order chi connectivity index (χ1) is 14.2. The molecule has 7 heteroatoms. The van der Waals surface area contributed by atoms with Gasteiger partial charge in [0.1, 0.15) is 5.75 Å². The number of carboxylic acid groups (broad SMARTS) is 2. The smallest absolute Gasteiger partial charge is 0.328 e. The van der Waals surface area contributed by atoms with Crippen molar-refractivity contribution in [1.82, 2.24) is 4.57 Å². The number of nitrogens with two attached hydrogens (primary N) is 1. The lowest BCUT2D eigenvalue weighted by atomic mass is 9.74. The maximum Gasteiger partial charge on any atom is 0.328 e. The van der Waals surface area contributed by atoms with Crippen LogP contribution < -0.4 is 10.5 Å². The normalized spacial score (nSPS) is 14.4. The van der Waals surface area contributed by atoms with Crippen molar-refractivity contribution < 1.29 is 24.5 Å². The number of ether oxygens (including phenoxy) is 1. The van der Waals surface area contributed by atoms with Crippen molar-refractivity contribution in [3.63, 3.8) is 0 Å². The molecule has 1 aromatic heterocycles. The van der Waals surface area contributed by atoms with Crippen LogP contribution in [0.1, 0.15) is 44.7 Å². The minimum Gasteiger partial charge on any atom is -0.497 e. The van der Waals surface area contributed by atoms with Crippen molar-refractivity contribution in [1.29, 1.82) is 0 Å². The van der Waals surface area contributed by atoms with Crippen LogP contribution in [0, 0.1) is 0 Å². The standard InChI is InChI=1S/C19H26N2O.C4H4O4/c1-5-19(6-2)16-8-7-14(22-4)11-15(16)18-17(19)9-10-21(18)12-13(3)20;5-3(6)1-2-4(7)8/h7-11,13H,5-6,12,20H2,1-4H3;1-2H,(H,5,6)(H,7,8)/b;2-1+/t13-;/m0./s1. The zero-order chi connectivity index (χ0) is 22.5. The summed E-state index contributed by atoms with van der Waals surface area (Å²) in [4.78, 5) is 19.1. The highest BCUT2D eigenvalue weighted by Gasteiger charge is 2.42. The average Bonchev–Trinajstić information content (AvgIpc) is 3.23. The van der Waals surface area contributed by atoms with Crippen LogP contribution in [0.3, 0.4) is 0 Å². The Morgan fingerprint density at radius 1 is 1.13 bits per heavy atom. The summed E-state index contributed by atoms with van der Waals surface area (Å²) in [7, 11) is 1.73. The number of methoxy groups -OCH3 is 1. The fraction of sp³-hybridized carbons (Fsp3) is 0.391. The molecule has 0 spiro atoms. The Balaban J connectivity index is 0.000000343. The molecule has 4 N–H and O–H groups in total. The van der Waals surface area contributed by atoms with Crippen molar-refractivity contribution in [2.75, 3.05) is 7.11 Å². The third-order valence-corrected chi connectivity index (χ3v) is 5.54. The van der Waals surface area contributed by atoms with Gasteiger partial charge in [0.15, 0.2) is 0 Å². The fourth-order valence-corrected chi connectivity index (χ4v) is 4.18. The molecule has 2 aromatic rings. The largest absolute Gasteiger partial charge is 0.497 e. The van der Waals surface area contributed by atoms with Crippen molar-refractivity contribution in [3.05, 3.63) is 53.7 Å². The van der Waals surface area contributed by atoms with Gasteiger partial charge in [0, 0.05) is 41.9 Å². The lowest BCUT2D eigenvalue weighted by Gasteiger charge is -2.28. The molecule has 7 nitrogen and oxygen atoms in total. The second-order valence-corrected chi connectivity index (χ2v) is 7.42. The van der Waals surface area contributed by atoms with Gasteiger partial charge in [0.05, 0.1) is 12.8 Å². The minimum atomic E-state index is -1.26. The number of aliphatic carboxylic acids is 2. The van der Waals surface area contributed by atoms with Crippen LogP contribution in [0.4, 0.5) is 0 Å². The van der Waals surface area contributed by atoms with Gasteiger partial charge in [-0.1, -0.05) is 19.9 Å². The predicted octanol–water partition coefficient (Wildman–Crippen LogP) is 3.64. The zero-order valence-electron chi connectivity index (χ0n) is 17.9. The van der Waals surface area contributed by atoms with Gasteiger partial charge in [-0.05, 0) is 49.1 Å². The van der Waals surface area contributed by atoms with E-state index in [1.807, 2.05) is 0 Å². The van der Waals surface area contributed by atoms with Gasteiger partial charge in [-0.15, -0.1) is 0 Å². The van der Waals surface area contributed by atoms with E-state index in [0.717, 1.165) is 25.1 Å². The molecule has 3 rings (SSSR count). The predicted molar refractivity (Wildman–Crippen MR) is 116 cm³/mol. The molecule has 1 atom stereocenters. The molecule has 1 aliphatic carbocycles. The first-order valence-electron chi connectivity index (χ1n) is 9.98. The van der Waals surface area contributed by atoms with E-state index in [-0.39, 0.29) is 11.5 Å². The molecule has 30 heavy (non-hydrogen) atoms. The molecule has 0 radical (unpaired) electrons. The number of hydrogen-bond donors (Lipinski definition) is 3. The Hall–Kier alpha value is -3.06. The number of rotatable bonds is 7. The quantitative estimate of drug-likeness (QED) is 0.596. The van der Waals surface area contributed by atoms with Crippen LogP contribution in [0.5, 0.6) is 5.75 Å². The van der Waals surface area contributed by atoms with E-state index in [9.17, 15) is 9.59 Å². The van der Waals surface area contributed by atoms with E-state index >= 15 is 0 Å². The molecule has 0 aliphatic heterocycles. The van der Waals surface area contributed by atoms with Crippen LogP contribution in [0.25, 0.3) is 11.3 Å². The molecule has 0 amide bonds. The van der Waals surface area contributed by atoms with Gasteiger partial charge in [0.25, 0.3) is 0 Å². The Labute approximate surface area is 176 Å². The zero-order valence-corrected chi connectivity index (χ0v) is 17.9. The second kappa shape index (κ2) is 9.63.